The third-order valence-corrected chi connectivity index (χ3v) is 5.43. The molecule has 0 radical (unpaired) electrons. The number of hydrogen-bond donors (Lipinski definition) is 3. The number of esters is 1. The lowest BCUT2D eigenvalue weighted by Gasteiger charge is -2.21. The van der Waals surface area contributed by atoms with Crippen LogP contribution in [0.4, 0.5) is 0 Å². The highest BCUT2D eigenvalue weighted by molar-refractivity contribution is 6.00. The molecule has 2 aromatic rings. The van der Waals surface area contributed by atoms with Crippen molar-refractivity contribution in [1.29, 1.82) is 0 Å². The molecular formula is C25H26O6. The lowest BCUT2D eigenvalue weighted by atomic mass is 9.93. The molecule has 0 spiro atoms. The Bertz CT molecular complexity index is 1010. The average molecular weight is 422 g/mol. The van der Waals surface area contributed by atoms with Gasteiger partial charge in [-0.15, -0.1) is 0 Å². The van der Waals surface area contributed by atoms with Gasteiger partial charge in [0.25, 0.3) is 0 Å². The van der Waals surface area contributed by atoms with Gasteiger partial charge in [-0.2, -0.15) is 0 Å². The van der Waals surface area contributed by atoms with Crippen LogP contribution in [0.1, 0.15) is 36.2 Å². The number of ether oxygens (including phenoxy) is 1. The number of ketones is 1. The molecule has 3 N–H and O–H groups in total. The van der Waals surface area contributed by atoms with Crippen LogP contribution in [0.5, 0.6) is 5.75 Å². The van der Waals surface area contributed by atoms with E-state index in [0.29, 0.717) is 11.1 Å². The Labute approximate surface area is 181 Å². The van der Waals surface area contributed by atoms with Gasteiger partial charge in [0.05, 0.1) is 6.10 Å². The molecule has 0 aliphatic carbocycles. The molecule has 0 aromatic heterocycles. The van der Waals surface area contributed by atoms with Crippen molar-refractivity contribution < 1.29 is 29.6 Å². The summed E-state index contributed by atoms with van der Waals surface area (Å²) in [5.74, 6) is -1.86. The smallest absolute Gasteiger partial charge is 0.342 e. The highest BCUT2D eigenvalue weighted by Crippen LogP contribution is 2.34. The quantitative estimate of drug-likeness (QED) is 0.608. The lowest BCUT2D eigenvalue weighted by Crippen LogP contribution is -2.32. The van der Waals surface area contributed by atoms with Crippen molar-refractivity contribution in [3.05, 3.63) is 71.8 Å². The van der Waals surface area contributed by atoms with Gasteiger partial charge in [0, 0.05) is 11.5 Å². The van der Waals surface area contributed by atoms with E-state index in [1.54, 1.807) is 32.1 Å². The number of rotatable bonds is 1. The van der Waals surface area contributed by atoms with Crippen LogP contribution in [-0.4, -0.2) is 45.4 Å². The summed E-state index contributed by atoms with van der Waals surface area (Å²) < 4.78 is 5.58. The van der Waals surface area contributed by atoms with Gasteiger partial charge in [0.15, 0.2) is 5.78 Å². The van der Waals surface area contributed by atoms with Crippen molar-refractivity contribution in [3.63, 3.8) is 0 Å². The zero-order valence-electron chi connectivity index (χ0n) is 17.4. The molecule has 6 heteroatoms. The molecule has 0 amide bonds. The summed E-state index contributed by atoms with van der Waals surface area (Å²) in [6, 6.07) is 12.5. The Kier molecular flexibility index (Phi) is 7.05. The summed E-state index contributed by atoms with van der Waals surface area (Å²) in [5.41, 5.74) is 1.97. The summed E-state index contributed by atoms with van der Waals surface area (Å²) in [7, 11) is 0. The second-order valence-electron chi connectivity index (χ2n) is 7.67. The summed E-state index contributed by atoms with van der Waals surface area (Å²) >= 11 is 0. The zero-order valence-corrected chi connectivity index (χ0v) is 17.4. The Morgan fingerprint density at radius 1 is 0.968 bits per heavy atom. The first-order valence-corrected chi connectivity index (χ1v) is 10.2. The normalized spacial score (nSPS) is 27.0. The van der Waals surface area contributed by atoms with E-state index < -0.39 is 30.1 Å². The predicted octanol–water partition coefficient (Wildman–Crippen LogP) is 3.50. The van der Waals surface area contributed by atoms with Crippen LogP contribution in [0.25, 0.3) is 17.2 Å². The van der Waals surface area contributed by atoms with Crippen LogP contribution in [0.2, 0.25) is 0 Å². The van der Waals surface area contributed by atoms with E-state index in [1.165, 1.54) is 18.2 Å². The number of cyclic esters (lactones) is 1. The number of benzene rings is 2. The molecule has 3 rings (SSSR count). The maximum Gasteiger partial charge on any atom is 0.342 e. The van der Waals surface area contributed by atoms with E-state index in [4.69, 9.17) is 4.74 Å². The summed E-state index contributed by atoms with van der Waals surface area (Å²) in [4.78, 5) is 25.2. The van der Waals surface area contributed by atoms with Crippen LogP contribution >= 0.6 is 0 Å². The lowest BCUT2D eigenvalue weighted by molar-refractivity contribution is -0.127. The molecule has 0 bridgehead atoms. The van der Waals surface area contributed by atoms with Gasteiger partial charge in [0.1, 0.15) is 23.5 Å². The monoisotopic (exact) mass is 422 g/mol. The molecule has 0 saturated heterocycles. The maximum absolute atomic E-state index is 13.0. The van der Waals surface area contributed by atoms with Gasteiger partial charge in [-0.1, -0.05) is 61.5 Å². The van der Waals surface area contributed by atoms with Crippen molar-refractivity contribution in [2.75, 3.05) is 0 Å². The van der Waals surface area contributed by atoms with Crippen LogP contribution in [0, 0.1) is 5.92 Å². The van der Waals surface area contributed by atoms with E-state index in [9.17, 15) is 24.9 Å². The SMILES string of the molecule is CC1/C=C\C(=O)C(O)[C@@H](O)C/C=C/c2c(-c3ccccc3)ccc(O)c2C(=O)O[C@H]1C. The first kappa shape index (κ1) is 22.5. The van der Waals surface area contributed by atoms with Crippen molar-refractivity contribution in [2.24, 2.45) is 5.92 Å². The van der Waals surface area contributed by atoms with E-state index in [0.717, 1.165) is 5.56 Å². The predicted molar refractivity (Wildman–Crippen MR) is 117 cm³/mol. The maximum atomic E-state index is 13.0. The molecule has 31 heavy (non-hydrogen) atoms. The number of hydrogen-bond acceptors (Lipinski definition) is 6. The van der Waals surface area contributed by atoms with Crippen LogP contribution in [-0.2, 0) is 9.53 Å². The van der Waals surface area contributed by atoms with Gasteiger partial charge < -0.3 is 20.1 Å². The molecule has 2 unspecified atom stereocenters. The van der Waals surface area contributed by atoms with Gasteiger partial charge in [-0.25, -0.2) is 4.79 Å². The fourth-order valence-corrected chi connectivity index (χ4v) is 3.35. The minimum absolute atomic E-state index is 0.0174. The standard InChI is InChI=1S/C25H26O6/c1-15-11-13-22(28)24(29)21(27)10-6-9-19-18(17-7-4-3-5-8-17)12-14-20(26)23(19)25(30)31-16(15)2/h3-9,11-16,21,24,26-27,29H,10H2,1-2H3/b9-6+,13-11-/t15?,16-,21-,24?/m0/s1. The molecule has 4 atom stereocenters. The number of phenolic OH excluding ortho intramolecular Hbond substituents is 1. The molecule has 1 aliphatic heterocycles. The van der Waals surface area contributed by atoms with Crippen LogP contribution < -0.4 is 0 Å². The van der Waals surface area contributed by atoms with Crippen molar-refractivity contribution >= 4 is 17.8 Å². The van der Waals surface area contributed by atoms with Crippen molar-refractivity contribution in [3.8, 4) is 16.9 Å². The minimum atomic E-state index is -1.56. The summed E-state index contributed by atoms with van der Waals surface area (Å²) in [5, 5.41) is 30.8. The van der Waals surface area contributed by atoms with Crippen LogP contribution in [0.3, 0.4) is 0 Å². The van der Waals surface area contributed by atoms with Crippen molar-refractivity contribution in [2.45, 2.75) is 38.6 Å². The first-order chi connectivity index (χ1) is 14.8. The fourth-order valence-electron chi connectivity index (χ4n) is 3.35. The second kappa shape index (κ2) is 9.73. The summed E-state index contributed by atoms with van der Waals surface area (Å²) in [6.07, 6.45) is 2.37. The number of carbonyl (C=O) groups is 2. The number of carbonyl (C=O) groups excluding carboxylic acids is 2. The number of fused-ring (bicyclic) bond motifs is 1. The topological polar surface area (TPSA) is 104 Å². The molecule has 1 heterocycles. The first-order valence-electron chi connectivity index (χ1n) is 10.2. The zero-order chi connectivity index (χ0) is 22.5. The molecule has 6 nitrogen and oxygen atoms in total. The number of aliphatic hydroxyl groups is 2. The molecular weight excluding hydrogens is 396 g/mol. The van der Waals surface area contributed by atoms with Gasteiger partial charge >= 0.3 is 5.97 Å². The van der Waals surface area contributed by atoms with E-state index in [-0.39, 0.29) is 23.7 Å². The highest BCUT2D eigenvalue weighted by atomic mass is 16.5. The largest absolute Gasteiger partial charge is 0.507 e. The van der Waals surface area contributed by atoms with Gasteiger partial charge in [-0.05, 0) is 36.6 Å². The number of aliphatic hydroxyl groups excluding tert-OH is 2. The average Bonchev–Trinajstić information content (AvgIpc) is 2.76. The molecule has 0 fully saturated rings. The molecule has 1 aliphatic rings. The molecule has 162 valence electrons. The Morgan fingerprint density at radius 2 is 1.68 bits per heavy atom. The number of phenols is 1. The fraction of sp³-hybridized carbons (Fsp3) is 0.280. The third-order valence-electron chi connectivity index (χ3n) is 5.43. The highest BCUT2D eigenvalue weighted by Gasteiger charge is 2.26. The Hall–Kier alpha value is -3.22. The van der Waals surface area contributed by atoms with E-state index in [2.05, 4.69) is 0 Å². The van der Waals surface area contributed by atoms with Gasteiger partial charge in [-0.3, -0.25) is 4.79 Å². The van der Waals surface area contributed by atoms with Crippen molar-refractivity contribution in [1.82, 2.24) is 0 Å². The van der Waals surface area contributed by atoms with E-state index in [1.807, 2.05) is 30.3 Å². The second-order valence-corrected chi connectivity index (χ2v) is 7.67. The van der Waals surface area contributed by atoms with Gasteiger partial charge in [0.2, 0.25) is 0 Å². The Morgan fingerprint density at radius 3 is 2.39 bits per heavy atom. The van der Waals surface area contributed by atoms with E-state index >= 15 is 0 Å². The summed E-state index contributed by atoms with van der Waals surface area (Å²) in [6.45, 7) is 3.44. The molecule has 2 aromatic carbocycles. The minimum Gasteiger partial charge on any atom is -0.507 e. The number of aromatic hydroxyl groups is 1. The third kappa shape index (κ3) is 5.10. The van der Waals surface area contributed by atoms with Crippen LogP contribution in [0.15, 0.2) is 60.7 Å². The molecule has 0 saturated carbocycles. The Balaban J connectivity index is 2.14.